The molecule has 0 atom stereocenters. The quantitative estimate of drug-likeness (QED) is 0.158. The molecule has 1 amide bonds. The molecule has 0 aromatic heterocycles. The standard InChI is InChI=1S/C26H26Br2N2O3/c1-2-19-10-12-25(23(28)15-19)32-14-6-9-26(31)30-29-17-21-16-22(27)11-13-24(21)33-18-20-7-4-3-5-8-20/h3-5,7-8,10-13,15-17H,2,6,9,14,18H2,1H3,(H,30,31)/b29-17+. The van der Waals surface area contributed by atoms with Crippen molar-refractivity contribution >= 4 is 44.0 Å². The fraction of sp³-hybridized carbons (Fsp3) is 0.231. The van der Waals surface area contributed by atoms with Gasteiger partial charge in [-0.25, -0.2) is 5.43 Å². The molecule has 0 radical (unpaired) electrons. The first kappa shape index (κ1) is 25.0. The lowest BCUT2D eigenvalue weighted by Crippen LogP contribution is -2.18. The molecule has 3 rings (SSSR count). The molecule has 0 aliphatic rings. The van der Waals surface area contributed by atoms with Gasteiger partial charge in [0.15, 0.2) is 0 Å². The topological polar surface area (TPSA) is 59.9 Å². The molecule has 172 valence electrons. The fourth-order valence-electron chi connectivity index (χ4n) is 3.01. The van der Waals surface area contributed by atoms with E-state index >= 15 is 0 Å². The number of carbonyl (C=O) groups excluding carboxylic acids is 1. The Hall–Kier alpha value is -2.64. The van der Waals surface area contributed by atoms with Gasteiger partial charge >= 0.3 is 0 Å². The summed E-state index contributed by atoms with van der Waals surface area (Å²) in [5.41, 5.74) is 5.66. The Morgan fingerprint density at radius 1 is 0.970 bits per heavy atom. The summed E-state index contributed by atoms with van der Waals surface area (Å²) in [6, 6.07) is 21.7. The zero-order valence-electron chi connectivity index (χ0n) is 18.4. The van der Waals surface area contributed by atoms with Crippen LogP contribution < -0.4 is 14.9 Å². The van der Waals surface area contributed by atoms with Crippen molar-refractivity contribution in [2.75, 3.05) is 6.61 Å². The second kappa shape index (κ2) is 13.2. The van der Waals surface area contributed by atoms with Gasteiger partial charge in [0, 0.05) is 16.5 Å². The Balaban J connectivity index is 1.45. The van der Waals surface area contributed by atoms with Crippen molar-refractivity contribution in [1.29, 1.82) is 0 Å². The predicted octanol–water partition coefficient (Wildman–Crippen LogP) is 6.66. The van der Waals surface area contributed by atoms with E-state index in [1.54, 1.807) is 6.21 Å². The summed E-state index contributed by atoms with van der Waals surface area (Å²) >= 11 is 6.99. The minimum Gasteiger partial charge on any atom is -0.492 e. The molecule has 0 aliphatic heterocycles. The maximum absolute atomic E-state index is 12.1. The van der Waals surface area contributed by atoms with Gasteiger partial charge in [-0.1, -0.05) is 59.3 Å². The average molecular weight is 574 g/mol. The van der Waals surface area contributed by atoms with Crippen molar-refractivity contribution in [2.24, 2.45) is 5.10 Å². The van der Waals surface area contributed by atoms with Crippen LogP contribution in [-0.4, -0.2) is 18.7 Å². The van der Waals surface area contributed by atoms with Crippen LogP contribution in [0.15, 0.2) is 80.8 Å². The number of aryl methyl sites for hydroxylation is 1. The number of nitrogens with zero attached hydrogens (tertiary/aromatic N) is 1. The van der Waals surface area contributed by atoms with E-state index in [1.165, 1.54) is 5.56 Å². The van der Waals surface area contributed by atoms with Crippen molar-refractivity contribution in [3.05, 3.63) is 92.4 Å². The minimum absolute atomic E-state index is 0.169. The van der Waals surface area contributed by atoms with Crippen LogP contribution >= 0.6 is 31.9 Å². The van der Waals surface area contributed by atoms with Crippen molar-refractivity contribution in [3.8, 4) is 11.5 Å². The second-order valence-corrected chi connectivity index (χ2v) is 9.09. The summed E-state index contributed by atoms with van der Waals surface area (Å²) < 4.78 is 13.5. The van der Waals surface area contributed by atoms with Gasteiger partial charge < -0.3 is 9.47 Å². The molecule has 0 fully saturated rings. The number of rotatable bonds is 11. The SMILES string of the molecule is CCc1ccc(OCCCC(=O)N/N=C/c2cc(Br)ccc2OCc2ccccc2)c(Br)c1. The number of halogens is 2. The van der Waals surface area contributed by atoms with Gasteiger partial charge in [-0.3, -0.25) is 4.79 Å². The fourth-order valence-corrected chi connectivity index (χ4v) is 3.93. The third-order valence-electron chi connectivity index (χ3n) is 4.81. The number of amides is 1. The molecule has 7 heteroatoms. The smallest absolute Gasteiger partial charge is 0.240 e. The van der Waals surface area contributed by atoms with Crippen LogP contribution in [0.25, 0.3) is 0 Å². The lowest BCUT2D eigenvalue weighted by atomic mass is 10.2. The molecule has 0 saturated heterocycles. The van der Waals surface area contributed by atoms with Crippen LogP contribution in [0.5, 0.6) is 11.5 Å². The lowest BCUT2D eigenvalue weighted by Gasteiger charge is -2.10. The molecule has 3 aromatic rings. The van der Waals surface area contributed by atoms with Crippen molar-refractivity contribution in [3.63, 3.8) is 0 Å². The van der Waals surface area contributed by atoms with Gasteiger partial charge in [-0.15, -0.1) is 0 Å². The highest BCUT2D eigenvalue weighted by Gasteiger charge is 2.06. The largest absolute Gasteiger partial charge is 0.492 e. The van der Waals surface area contributed by atoms with Crippen LogP contribution in [0.1, 0.15) is 36.5 Å². The van der Waals surface area contributed by atoms with E-state index in [2.05, 4.69) is 55.4 Å². The number of hydrogen-bond donors (Lipinski definition) is 1. The predicted molar refractivity (Wildman–Crippen MR) is 139 cm³/mol. The van der Waals surface area contributed by atoms with E-state index in [0.717, 1.165) is 32.2 Å². The van der Waals surface area contributed by atoms with Crippen LogP contribution in [0, 0.1) is 0 Å². The summed E-state index contributed by atoms with van der Waals surface area (Å²) in [6.07, 6.45) is 3.47. The Morgan fingerprint density at radius 3 is 2.52 bits per heavy atom. The number of ether oxygens (including phenoxy) is 2. The lowest BCUT2D eigenvalue weighted by molar-refractivity contribution is -0.121. The van der Waals surface area contributed by atoms with Gasteiger partial charge in [0.2, 0.25) is 5.91 Å². The molecule has 0 heterocycles. The molecule has 0 unspecified atom stereocenters. The molecule has 1 N–H and O–H groups in total. The van der Waals surface area contributed by atoms with E-state index < -0.39 is 0 Å². The minimum atomic E-state index is -0.169. The van der Waals surface area contributed by atoms with Crippen molar-refractivity contribution in [1.82, 2.24) is 5.43 Å². The first-order valence-corrected chi connectivity index (χ1v) is 12.3. The van der Waals surface area contributed by atoms with E-state index in [9.17, 15) is 4.79 Å². The summed E-state index contributed by atoms with van der Waals surface area (Å²) in [4.78, 5) is 12.1. The zero-order chi connectivity index (χ0) is 23.5. The normalized spacial score (nSPS) is 10.9. The maximum Gasteiger partial charge on any atom is 0.240 e. The molecule has 5 nitrogen and oxygen atoms in total. The van der Waals surface area contributed by atoms with Gasteiger partial charge in [0.25, 0.3) is 0 Å². The first-order valence-electron chi connectivity index (χ1n) is 10.7. The number of hydrazone groups is 1. The number of nitrogens with one attached hydrogen (secondary N) is 1. The number of carbonyl (C=O) groups is 1. The maximum atomic E-state index is 12.1. The molecule has 3 aromatic carbocycles. The first-order chi connectivity index (χ1) is 16.0. The van der Waals surface area contributed by atoms with Crippen molar-refractivity contribution < 1.29 is 14.3 Å². The van der Waals surface area contributed by atoms with Crippen LogP contribution in [0.3, 0.4) is 0 Å². The Kier molecular flexibility index (Phi) is 9.97. The molecule has 0 spiro atoms. The summed E-state index contributed by atoms with van der Waals surface area (Å²) in [6.45, 7) is 3.01. The van der Waals surface area contributed by atoms with E-state index in [0.29, 0.717) is 31.8 Å². The zero-order valence-corrected chi connectivity index (χ0v) is 21.6. The van der Waals surface area contributed by atoms with Crippen LogP contribution in [-0.2, 0) is 17.8 Å². The van der Waals surface area contributed by atoms with Gasteiger partial charge in [-0.05, 0) is 70.2 Å². The van der Waals surface area contributed by atoms with Gasteiger partial charge in [0.1, 0.15) is 18.1 Å². The molecule has 0 saturated carbocycles. The Morgan fingerprint density at radius 2 is 1.76 bits per heavy atom. The van der Waals surface area contributed by atoms with Crippen LogP contribution in [0.4, 0.5) is 0 Å². The second-order valence-electron chi connectivity index (χ2n) is 7.32. The molecule has 0 bridgehead atoms. The highest BCUT2D eigenvalue weighted by molar-refractivity contribution is 9.10. The third-order valence-corrected chi connectivity index (χ3v) is 5.93. The molecular weight excluding hydrogens is 548 g/mol. The summed E-state index contributed by atoms with van der Waals surface area (Å²) in [7, 11) is 0. The average Bonchev–Trinajstić information content (AvgIpc) is 2.82. The molecule has 0 aliphatic carbocycles. The van der Waals surface area contributed by atoms with Crippen molar-refractivity contribution in [2.45, 2.75) is 32.8 Å². The monoisotopic (exact) mass is 572 g/mol. The van der Waals surface area contributed by atoms with E-state index in [-0.39, 0.29) is 5.91 Å². The summed E-state index contributed by atoms with van der Waals surface area (Å²) in [5, 5.41) is 4.09. The number of hydrogen-bond acceptors (Lipinski definition) is 4. The van der Waals surface area contributed by atoms with E-state index in [1.807, 2.05) is 60.7 Å². The highest BCUT2D eigenvalue weighted by atomic mass is 79.9. The van der Waals surface area contributed by atoms with Gasteiger partial charge in [-0.2, -0.15) is 5.10 Å². The van der Waals surface area contributed by atoms with Crippen LogP contribution in [0.2, 0.25) is 0 Å². The molecular formula is C26H26Br2N2O3. The highest BCUT2D eigenvalue weighted by Crippen LogP contribution is 2.26. The molecule has 33 heavy (non-hydrogen) atoms. The van der Waals surface area contributed by atoms with E-state index in [4.69, 9.17) is 9.47 Å². The Bertz CT molecular complexity index is 1090. The number of benzene rings is 3. The van der Waals surface area contributed by atoms with Gasteiger partial charge in [0.05, 0.1) is 17.3 Å². The summed E-state index contributed by atoms with van der Waals surface area (Å²) in [5.74, 6) is 1.30. The third kappa shape index (κ3) is 8.33. The Labute approximate surface area is 211 Å².